The number of ether oxygens (including phenoxy) is 1. The lowest BCUT2D eigenvalue weighted by atomic mass is 10.2. The van der Waals surface area contributed by atoms with Crippen LogP contribution < -0.4 is 5.32 Å². The number of aromatic amines is 1. The number of carbonyl (C=O) groups excluding carboxylic acids is 1. The fourth-order valence-electron chi connectivity index (χ4n) is 2.18. The summed E-state index contributed by atoms with van der Waals surface area (Å²) in [5, 5.41) is 12.3. The summed E-state index contributed by atoms with van der Waals surface area (Å²) in [6.45, 7) is 4.20. The van der Waals surface area contributed by atoms with Crippen LogP contribution in [-0.2, 0) is 11.3 Å². The Morgan fingerprint density at radius 1 is 1.44 bits per heavy atom. The van der Waals surface area contributed by atoms with E-state index in [1.54, 1.807) is 18.7 Å². The van der Waals surface area contributed by atoms with Gasteiger partial charge < -0.3 is 10.1 Å². The Labute approximate surface area is 148 Å². The van der Waals surface area contributed by atoms with Crippen molar-refractivity contribution >= 4 is 17.2 Å². The number of hydrogen-bond donors (Lipinski definition) is 2. The molecule has 1 amide bonds. The molecule has 0 bridgehead atoms. The Kier molecular flexibility index (Phi) is 5.15. The van der Waals surface area contributed by atoms with Crippen molar-refractivity contribution in [3.8, 4) is 11.5 Å². The number of rotatable bonds is 6. The number of aromatic nitrogens is 5. The summed E-state index contributed by atoms with van der Waals surface area (Å²) in [6.07, 6.45) is 1.71. The monoisotopic (exact) mass is 358 g/mol. The van der Waals surface area contributed by atoms with Gasteiger partial charge in [-0.05, 0) is 31.5 Å². The smallest absolute Gasteiger partial charge is 0.271 e. The van der Waals surface area contributed by atoms with E-state index in [-0.39, 0.29) is 11.9 Å². The highest BCUT2D eigenvalue weighted by Crippen LogP contribution is 2.16. The van der Waals surface area contributed by atoms with Gasteiger partial charge in [0.05, 0.1) is 12.6 Å². The van der Waals surface area contributed by atoms with Crippen LogP contribution in [0.3, 0.4) is 0 Å². The molecule has 0 aliphatic rings. The Morgan fingerprint density at radius 3 is 3.04 bits per heavy atom. The molecule has 0 aromatic carbocycles. The average molecular weight is 358 g/mol. The SMILES string of the molecule is COCc1nc(C(=O)NC(C)c2nc(-c3cc(C)ccn3)n[nH]2)cs1. The highest BCUT2D eigenvalue weighted by molar-refractivity contribution is 7.09. The average Bonchev–Trinajstić information content (AvgIpc) is 3.25. The minimum Gasteiger partial charge on any atom is -0.378 e. The molecular weight excluding hydrogens is 340 g/mol. The van der Waals surface area contributed by atoms with Crippen molar-refractivity contribution in [1.29, 1.82) is 0 Å². The standard InChI is InChI=1S/C16H18N6O2S/c1-9-4-5-17-11(6-9)15-20-14(21-22-15)10(2)18-16(23)12-8-25-13(19-12)7-24-3/h4-6,8,10H,7H2,1-3H3,(H,18,23)(H,20,21,22). The fourth-order valence-corrected chi connectivity index (χ4v) is 2.93. The second-order valence-corrected chi connectivity index (χ2v) is 6.46. The Morgan fingerprint density at radius 2 is 2.28 bits per heavy atom. The summed E-state index contributed by atoms with van der Waals surface area (Å²) >= 11 is 1.39. The Bertz CT molecular complexity index is 875. The van der Waals surface area contributed by atoms with Crippen LogP contribution in [0, 0.1) is 6.92 Å². The predicted octanol–water partition coefficient (Wildman–Crippen LogP) is 2.27. The maximum Gasteiger partial charge on any atom is 0.271 e. The normalized spacial score (nSPS) is 12.1. The molecule has 0 radical (unpaired) electrons. The molecule has 1 atom stereocenters. The van der Waals surface area contributed by atoms with Gasteiger partial charge in [-0.3, -0.25) is 14.9 Å². The van der Waals surface area contributed by atoms with Crippen LogP contribution in [-0.4, -0.2) is 38.2 Å². The summed E-state index contributed by atoms with van der Waals surface area (Å²) in [4.78, 5) is 25.2. The van der Waals surface area contributed by atoms with Crippen molar-refractivity contribution in [2.24, 2.45) is 0 Å². The van der Waals surface area contributed by atoms with Crippen molar-refractivity contribution in [1.82, 2.24) is 30.5 Å². The molecule has 0 aliphatic carbocycles. The van der Waals surface area contributed by atoms with Crippen LogP contribution >= 0.6 is 11.3 Å². The first-order valence-corrected chi connectivity index (χ1v) is 8.54. The molecule has 25 heavy (non-hydrogen) atoms. The highest BCUT2D eigenvalue weighted by atomic mass is 32.1. The molecule has 3 aromatic heterocycles. The third kappa shape index (κ3) is 4.06. The van der Waals surface area contributed by atoms with Crippen LogP contribution in [0.15, 0.2) is 23.7 Å². The van der Waals surface area contributed by atoms with Gasteiger partial charge in [-0.1, -0.05) is 0 Å². The predicted molar refractivity (Wildman–Crippen MR) is 93.1 cm³/mol. The molecule has 9 heteroatoms. The van der Waals surface area contributed by atoms with Crippen molar-refractivity contribution in [2.75, 3.05) is 7.11 Å². The van der Waals surface area contributed by atoms with E-state index >= 15 is 0 Å². The van der Waals surface area contributed by atoms with E-state index in [0.717, 1.165) is 10.6 Å². The number of methoxy groups -OCH3 is 1. The number of carbonyl (C=O) groups is 1. The number of hydrogen-bond acceptors (Lipinski definition) is 7. The van der Waals surface area contributed by atoms with Gasteiger partial charge >= 0.3 is 0 Å². The number of amides is 1. The lowest BCUT2D eigenvalue weighted by Gasteiger charge is -2.09. The molecule has 3 aromatic rings. The molecule has 3 heterocycles. The molecule has 1 unspecified atom stereocenters. The van der Waals surface area contributed by atoms with Gasteiger partial charge in [0.15, 0.2) is 5.82 Å². The van der Waals surface area contributed by atoms with E-state index in [0.29, 0.717) is 29.6 Å². The van der Waals surface area contributed by atoms with Gasteiger partial charge in [0, 0.05) is 18.7 Å². The number of aryl methyl sites for hydroxylation is 1. The van der Waals surface area contributed by atoms with Crippen LogP contribution in [0.1, 0.15) is 39.8 Å². The second kappa shape index (κ2) is 7.49. The quantitative estimate of drug-likeness (QED) is 0.700. The summed E-state index contributed by atoms with van der Waals surface area (Å²) in [7, 11) is 1.59. The largest absolute Gasteiger partial charge is 0.378 e. The minimum absolute atomic E-state index is 0.266. The lowest BCUT2D eigenvalue weighted by molar-refractivity contribution is 0.0933. The Balaban J connectivity index is 1.68. The van der Waals surface area contributed by atoms with E-state index in [2.05, 4.69) is 30.5 Å². The van der Waals surface area contributed by atoms with E-state index in [9.17, 15) is 4.79 Å². The van der Waals surface area contributed by atoms with E-state index in [4.69, 9.17) is 4.74 Å². The zero-order chi connectivity index (χ0) is 17.8. The molecule has 3 rings (SSSR count). The van der Waals surface area contributed by atoms with Crippen molar-refractivity contribution in [3.63, 3.8) is 0 Å². The van der Waals surface area contributed by atoms with Gasteiger partial charge in [-0.2, -0.15) is 5.10 Å². The first-order chi connectivity index (χ1) is 12.1. The van der Waals surface area contributed by atoms with Crippen LogP contribution in [0.4, 0.5) is 0 Å². The number of pyridine rings is 1. The summed E-state index contributed by atoms with van der Waals surface area (Å²) in [6, 6.07) is 3.47. The summed E-state index contributed by atoms with van der Waals surface area (Å²) in [5.41, 5.74) is 2.13. The first kappa shape index (κ1) is 17.2. The lowest BCUT2D eigenvalue weighted by Crippen LogP contribution is -2.27. The zero-order valence-electron chi connectivity index (χ0n) is 14.1. The summed E-state index contributed by atoms with van der Waals surface area (Å²) < 4.78 is 5.01. The maximum absolute atomic E-state index is 12.3. The van der Waals surface area contributed by atoms with Gasteiger partial charge in [-0.25, -0.2) is 9.97 Å². The van der Waals surface area contributed by atoms with Gasteiger partial charge in [-0.15, -0.1) is 11.3 Å². The summed E-state index contributed by atoms with van der Waals surface area (Å²) in [5.74, 6) is 0.785. The molecule has 0 saturated heterocycles. The maximum atomic E-state index is 12.3. The van der Waals surface area contributed by atoms with E-state index in [1.165, 1.54) is 11.3 Å². The molecule has 0 fully saturated rings. The topological polar surface area (TPSA) is 106 Å². The number of H-pyrrole nitrogens is 1. The molecule has 0 saturated carbocycles. The van der Waals surface area contributed by atoms with Crippen LogP contribution in [0.5, 0.6) is 0 Å². The Hall–Kier alpha value is -2.65. The van der Waals surface area contributed by atoms with Gasteiger partial charge in [0.1, 0.15) is 22.2 Å². The first-order valence-electron chi connectivity index (χ1n) is 7.66. The van der Waals surface area contributed by atoms with Crippen molar-refractivity contribution in [3.05, 3.63) is 45.8 Å². The van der Waals surface area contributed by atoms with E-state index < -0.39 is 0 Å². The molecule has 0 spiro atoms. The molecule has 130 valence electrons. The highest BCUT2D eigenvalue weighted by Gasteiger charge is 2.18. The number of nitrogens with zero attached hydrogens (tertiary/aromatic N) is 4. The van der Waals surface area contributed by atoms with Crippen LogP contribution in [0.2, 0.25) is 0 Å². The van der Waals surface area contributed by atoms with Crippen molar-refractivity contribution < 1.29 is 9.53 Å². The third-order valence-corrected chi connectivity index (χ3v) is 4.28. The molecule has 0 aliphatic heterocycles. The fraction of sp³-hybridized carbons (Fsp3) is 0.312. The zero-order valence-corrected chi connectivity index (χ0v) is 14.9. The van der Waals surface area contributed by atoms with Crippen molar-refractivity contribution in [2.45, 2.75) is 26.5 Å². The van der Waals surface area contributed by atoms with Crippen LogP contribution in [0.25, 0.3) is 11.5 Å². The molecular formula is C16H18N6O2S. The number of thiazole rings is 1. The number of nitrogens with one attached hydrogen (secondary N) is 2. The third-order valence-electron chi connectivity index (χ3n) is 3.46. The molecule has 8 nitrogen and oxygen atoms in total. The molecule has 2 N–H and O–H groups in total. The second-order valence-electron chi connectivity index (χ2n) is 5.52. The minimum atomic E-state index is -0.342. The van der Waals surface area contributed by atoms with E-state index in [1.807, 2.05) is 26.0 Å². The van der Waals surface area contributed by atoms with Gasteiger partial charge in [0.2, 0.25) is 0 Å². The van der Waals surface area contributed by atoms with Gasteiger partial charge in [0.25, 0.3) is 5.91 Å².